The maximum Gasteiger partial charge on any atom is 0.203 e. The summed E-state index contributed by atoms with van der Waals surface area (Å²) < 4.78 is 14.4. The van der Waals surface area contributed by atoms with Crippen LogP contribution in [0.1, 0.15) is 21.5 Å². The Balaban J connectivity index is 2.47. The molecule has 0 radical (unpaired) electrons. The summed E-state index contributed by atoms with van der Waals surface area (Å²) in [5.74, 6) is -0.890. The SMILES string of the molecule is Cc1ccccc1C(=O)/C(C#N)=C/c1cc(Br)ccc1F. The molecule has 0 bridgehead atoms. The van der Waals surface area contributed by atoms with Crippen LogP contribution in [0.5, 0.6) is 0 Å². The zero-order valence-corrected chi connectivity index (χ0v) is 12.8. The summed E-state index contributed by atoms with van der Waals surface area (Å²) in [6.07, 6.45) is 1.27. The van der Waals surface area contributed by atoms with Crippen LogP contribution in [0.2, 0.25) is 0 Å². The number of allylic oxidation sites excluding steroid dienone is 1. The van der Waals surface area contributed by atoms with Gasteiger partial charge in [-0.25, -0.2) is 4.39 Å². The highest BCUT2D eigenvalue weighted by molar-refractivity contribution is 9.10. The minimum Gasteiger partial charge on any atom is -0.288 e. The summed E-state index contributed by atoms with van der Waals surface area (Å²) in [6.45, 7) is 1.79. The highest BCUT2D eigenvalue weighted by atomic mass is 79.9. The number of Topliss-reactive ketones (excluding diaryl/α,β-unsaturated/α-hetero) is 1. The van der Waals surface area contributed by atoms with E-state index < -0.39 is 11.6 Å². The molecular weight excluding hydrogens is 333 g/mol. The Morgan fingerprint density at radius 2 is 2.00 bits per heavy atom. The summed E-state index contributed by atoms with van der Waals surface area (Å²) in [5.41, 5.74) is 1.32. The van der Waals surface area contributed by atoms with E-state index in [2.05, 4.69) is 15.9 Å². The zero-order valence-electron chi connectivity index (χ0n) is 11.2. The molecule has 0 unspecified atom stereocenters. The van der Waals surface area contributed by atoms with Gasteiger partial charge in [0, 0.05) is 15.6 Å². The second-order valence-electron chi connectivity index (χ2n) is 4.48. The number of hydrogen-bond donors (Lipinski definition) is 0. The van der Waals surface area contributed by atoms with Gasteiger partial charge in [0.1, 0.15) is 17.5 Å². The fourth-order valence-corrected chi connectivity index (χ4v) is 2.28. The second kappa shape index (κ2) is 6.47. The van der Waals surface area contributed by atoms with Gasteiger partial charge in [-0.05, 0) is 36.8 Å². The maximum absolute atomic E-state index is 13.7. The average Bonchev–Trinajstić information content (AvgIpc) is 2.48. The molecule has 0 aromatic heterocycles. The first kappa shape index (κ1) is 15.1. The highest BCUT2D eigenvalue weighted by Gasteiger charge is 2.15. The monoisotopic (exact) mass is 343 g/mol. The van der Waals surface area contributed by atoms with Crippen LogP contribution < -0.4 is 0 Å². The smallest absolute Gasteiger partial charge is 0.203 e. The topological polar surface area (TPSA) is 40.9 Å². The Morgan fingerprint density at radius 3 is 2.67 bits per heavy atom. The van der Waals surface area contributed by atoms with Crippen molar-refractivity contribution in [2.45, 2.75) is 6.92 Å². The molecule has 0 saturated heterocycles. The lowest BCUT2D eigenvalue weighted by Crippen LogP contribution is -2.04. The fourth-order valence-electron chi connectivity index (χ4n) is 1.90. The number of nitrogens with zero attached hydrogens (tertiary/aromatic N) is 1. The number of aryl methyl sites for hydroxylation is 1. The van der Waals surface area contributed by atoms with Crippen molar-refractivity contribution in [3.8, 4) is 6.07 Å². The predicted molar refractivity (Wildman–Crippen MR) is 83.2 cm³/mol. The van der Waals surface area contributed by atoms with Gasteiger partial charge in [0.2, 0.25) is 5.78 Å². The van der Waals surface area contributed by atoms with E-state index in [1.54, 1.807) is 31.2 Å². The van der Waals surface area contributed by atoms with Crippen LogP contribution in [0.4, 0.5) is 4.39 Å². The fraction of sp³-hybridized carbons (Fsp3) is 0.0588. The highest BCUT2D eigenvalue weighted by Crippen LogP contribution is 2.20. The number of hydrogen-bond acceptors (Lipinski definition) is 2. The van der Waals surface area contributed by atoms with E-state index in [4.69, 9.17) is 0 Å². The first-order valence-corrected chi connectivity index (χ1v) is 6.99. The molecule has 0 aliphatic heterocycles. The van der Waals surface area contributed by atoms with Crippen LogP contribution in [0.25, 0.3) is 6.08 Å². The zero-order chi connectivity index (χ0) is 15.4. The molecule has 2 aromatic carbocycles. The Kier molecular flexibility index (Phi) is 4.66. The third-order valence-electron chi connectivity index (χ3n) is 3.01. The number of nitriles is 1. The summed E-state index contributed by atoms with van der Waals surface area (Å²) in [5, 5.41) is 9.20. The van der Waals surface area contributed by atoms with E-state index in [1.807, 2.05) is 12.1 Å². The van der Waals surface area contributed by atoms with Gasteiger partial charge in [0.05, 0.1) is 0 Å². The van der Waals surface area contributed by atoms with Gasteiger partial charge in [0.25, 0.3) is 0 Å². The van der Waals surface area contributed by atoms with Crippen molar-refractivity contribution in [3.63, 3.8) is 0 Å². The third kappa shape index (κ3) is 3.45. The molecule has 0 heterocycles. The molecule has 4 heteroatoms. The first-order chi connectivity index (χ1) is 10.0. The third-order valence-corrected chi connectivity index (χ3v) is 3.51. The molecule has 0 saturated carbocycles. The van der Waals surface area contributed by atoms with E-state index in [1.165, 1.54) is 18.2 Å². The van der Waals surface area contributed by atoms with Crippen LogP contribution in [0, 0.1) is 24.1 Å². The van der Waals surface area contributed by atoms with Crippen molar-refractivity contribution in [3.05, 3.63) is 75.0 Å². The predicted octanol–water partition coefficient (Wildman–Crippen LogP) is 4.69. The maximum atomic E-state index is 13.7. The number of rotatable bonds is 3. The largest absolute Gasteiger partial charge is 0.288 e. The molecule has 0 aliphatic rings. The number of benzene rings is 2. The molecule has 104 valence electrons. The van der Waals surface area contributed by atoms with Gasteiger partial charge in [-0.2, -0.15) is 5.26 Å². The van der Waals surface area contributed by atoms with Gasteiger partial charge in [-0.1, -0.05) is 40.2 Å². The van der Waals surface area contributed by atoms with Crippen LogP contribution in [0.15, 0.2) is 52.5 Å². The number of carbonyl (C=O) groups excluding carboxylic acids is 1. The molecule has 21 heavy (non-hydrogen) atoms. The number of carbonyl (C=O) groups is 1. The molecule has 2 rings (SSSR count). The van der Waals surface area contributed by atoms with Gasteiger partial charge in [0.15, 0.2) is 0 Å². The molecule has 0 amide bonds. The van der Waals surface area contributed by atoms with Gasteiger partial charge < -0.3 is 0 Å². The number of halogens is 2. The normalized spacial score (nSPS) is 11.0. The lowest BCUT2D eigenvalue weighted by atomic mass is 9.98. The van der Waals surface area contributed by atoms with Crippen molar-refractivity contribution in [1.82, 2.24) is 0 Å². The van der Waals surface area contributed by atoms with E-state index >= 15 is 0 Å². The Morgan fingerprint density at radius 1 is 1.29 bits per heavy atom. The van der Waals surface area contributed by atoms with Crippen molar-refractivity contribution in [2.75, 3.05) is 0 Å². The molecule has 2 nitrogen and oxygen atoms in total. The molecule has 0 fully saturated rings. The Labute approximate surface area is 130 Å². The van der Waals surface area contributed by atoms with E-state index in [-0.39, 0.29) is 11.1 Å². The summed E-state index contributed by atoms with van der Waals surface area (Å²) >= 11 is 3.24. The molecule has 0 aliphatic carbocycles. The van der Waals surface area contributed by atoms with Crippen LogP contribution in [-0.2, 0) is 0 Å². The molecule has 2 aromatic rings. The van der Waals surface area contributed by atoms with Crippen LogP contribution in [-0.4, -0.2) is 5.78 Å². The van der Waals surface area contributed by atoms with Crippen molar-refractivity contribution in [2.24, 2.45) is 0 Å². The van der Waals surface area contributed by atoms with Crippen molar-refractivity contribution < 1.29 is 9.18 Å². The minimum absolute atomic E-state index is 0.0960. The van der Waals surface area contributed by atoms with Crippen LogP contribution in [0.3, 0.4) is 0 Å². The lowest BCUT2D eigenvalue weighted by molar-refractivity contribution is 0.103. The van der Waals surface area contributed by atoms with Crippen molar-refractivity contribution in [1.29, 1.82) is 5.26 Å². The lowest BCUT2D eigenvalue weighted by Gasteiger charge is -2.04. The van der Waals surface area contributed by atoms with E-state index in [0.717, 1.165) is 5.56 Å². The first-order valence-electron chi connectivity index (χ1n) is 6.20. The van der Waals surface area contributed by atoms with Crippen LogP contribution >= 0.6 is 15.9 Å². The van der Waals surface area contributed by atoms with Crippen molar-refractivity contribution >= 4 is 27.8 Å². The summed E-state index contributed by atoms with van der Waals surface area (Å²) in [7, 11) is 0. The van der Waals surface area contributed by atoms with Gasteiger partial charge >= 0.3 is 0 Å². The summed E-state index contributed by atoms with van der Waals surface area (Å²) in [4.78, 5) is 12.4. The molecule has 0 N–H and O–H groups in total. The molecule has 0 spiro atoms. The second-order valence-corrected chi connectivity index (χ2v) is 5.40. The Bertz CT molecular complexity index is 775. The quantitative estimate of drug-likeness (QED) is 0.461. The van der Waals surface area contributed by atoms with E-state index in [0.29, 0.717) is 10.0 Å². The standard InChI is InChI=1S/C17H11BrFNO/c1-11-4-2-3-5-15(11)17(21)13(10-20)8-12-9-14(18)6-7-16(12)19/h2-9H,1H3/b13-8+. The molecular formula is C17H11BrFNO. The average molecular weight is 344 g/mol. The van der Waals surface area contributed by atoms with Gasteiger partial charge in [-0.3, -0.25) is 4.79 Å². The van der Waals surface area contributed by atoms with Gasteiger partial charge in [-0.15, -0.1) is 0 Å². The van der Waals surface area contributed by atoms with E-state index in [9.17, 15) is 14.4 Å². The number of ketones is 1. The minimum atomic E-state index is -0.483. The molecule has 0 atom stereocenters. The summed E-state index contributed by atoms with van der Waals surface area (Å²) in [6, 6.07) is 13.2. The Hall–Kier alpha value is -2.25.